The van der Waals surface area contributed by atoms with Crippen molar-refractivity contribution in [2.24, 2.45) is 5.92 Å². The molecule has 1 amide bonds. The third-order valence-corrected chi connectivity index (χ3v) is 4.27. The van der Waals surface area contributed by atoms with Crippen LogP contribution >= 0.6 is 11.3 Å². The fourth-order valence-corrected chi connectivity index (χ4v) is 2.81. The second-order valence-electron chi connectivity index (χ2n) is 5.55. The van der Waals surface area contributed by atoms with E-state index in [2.05, 4.69) is 34.4 Å². The first-order chi connectivity index (χ1) is 10.6. The van der Waals surface area contributed by atoms with Gasteiger partial charge in [-0.15, -0.1) is 0 Å². The summed E-state index contributed by atoms with van der Waals surface area (Å²) < 4.78 is 0. The van der Waals surface area contributed by atoms with Gasteiger partial charge in [0.25, 0.3) is 5.91 Å². The number of aromatic nitrogens is 2. The number of nitrogens with one attached hydrogen (secondary N) is 2. The predicted molar refractivity (Wildman–Crippen MR) is 90.2 cm³/mol. The topological polar surface area (TPSA) is 66.9 Å². The molecule has 2 aromatic rings. The highest BCUT2D eigenvalue weighted by molar-refractivity contribution is 7.17. The molecule has 0 aliphatic carbocycles. The van der Waals surface area contributed by atoms with Gasteiger partial charge in [-0.1, -0.05) is 31.3 Å². The summed E-state index contributed by atoms with van der Waals surface area (Å²) in [4.78, 5) is 21.5. The normalized spacial score (nSPS) is 10.7. The predicted octanol–water partition coefficient (Wildman–Crippen LogP) is 3.23. The maximum Gasteiger partial charge on any atom is 0.263 e. The molecule has 0 aliphatic rings. The first-order valence-electron chi connectivity index (χ1n) is 7.45. The van der Waals surface area contributed by atoms with E-state index in [0.29, 0.717) is 17.3 Å². The Morgan fingerprint density at radius 2 is 2.18 bits per heavy atom. The van der Waals surface area contributed by atoms with Crippen molar-refractivity contribution in [1.29, 1.82) is 0 Å². The third-order valence-electron chi connectivity index (χ3n) is 3.16. The van der Waals surface area contributed by atoms with E-state index in [1.54, 1.807) is 6.20 Å². The number of amides is 1. The highest BCUT2D eigenvalue weighted by Crippen LogP contribution is 2.22. The molecular weight excluding hydrogens is 296 g/mol. The van der Waals surface area contributed by atoms with Gasteiger partial charge in [-0.05, 0) is 31.4 Å². The Morgan fingerprint density at radius 1 is 1.36 bits per heavy atom. The first kappa shape index (κ1) is 16.4. The summed E-state index contributed by atoms with van der Waals surface area (Å²) in [6.45, 7) is 7.53. The van der Waals surface area contributed by atoms with E-state index in [9.17, 15) is 4.79 Å². The van der Waals surface area contributed by atoms with Gasteiger partial charge in [0.1, 0.15) is 4.88 Å². The molecule has 0 radical (unpaired) electrons. The number of aryl methyl sites for hydroxylation is 1. The van der Waals surface area contributed by atoms with E-state index < -0.39 is 0 Å². The molecule has 2 rings (SSSR count). The average Bonchev–Trinajstić information content (AvgIpc) is 2.86. The number of hydrogen-bond donors (Lipinski definition) is 2. The van der Waals surface area contributed by atoms with Gasteiger partial charge in [0, 0.05) is 12.7 Å². The summed E-state index contributed by atoms with van der Waals surface area (Å²) in [5.41, 5.74) is 1.60. The molecule has 0 saturated heterocycles. The number of thiazole rings is 1. The maximum absolute atomic E-state index is 12.2. The Balaban J connectivity index is 1.91. The Labute approximate surface area is 135 Å². The van der Waals surface area contributed by atoms with E-state index in [-0.39, 0.29) is 5.91 Å². The van der Waals surface area contributed by atoms with Crippen LogP contribution in [0, 0.1) is 12.8 Å². The van der Waals surface area contributed by atoms with Crippen LogP contribution in [0.3, 0.4) is 0 Å². The molecule has 0 spiro atoms. The summed E-state index contributed by atoms with van der Waals surface area (Å²) in [6, 6.07) is 5.65. The summed E-state index contributed by atoms with van der Waals surface area (Å²) in [7, 11) is 0. The molecule has 2 heterocycles. The first-order valence-corrected chi connectivity index (χ1v) is 8.27. The number of carbonyl (C=O) groups excluding carboxylic acids is 1. The molecule has 22 heavy (non-hydrogen) atoms. The van der Waals surface area contributed by atoms with Crippen molar-refractivity contribution in [3.8, 4) is 0 Å². The molecule has 0 bridgehead atoms. The maximum atomic E-state index is 12.2. The SMILES string of the molecule is Cc1nc(NCCC(C)C)sc1C(=O)NCc1ccccn1. The number of carbonyl (C=O) groups is 1. The van der Waals surface area contributed by atoms with Gasteiger partial charge in [-0.25, -0.2) is 4.98 Å². The fourth-order valence-electron chi connectivity index (χ4n) is 1.90. The summed E-state index contributed by atoms with van der Waals surface area (Å²) in [5, 5.41) is 6.97. The van der Waals surface area contributed by atoms with Crippen LogP contribution in [-0.4, -0.2) is 22.4 Å². The zero-order valence-electron chi connectivity index (χ0n) is 13.2. The van der Waals surface area contributed by atoms with Gasteiger partial charge in [0.15, 0.2) is 5.13 Å². The molecule has 2 aromatic heterocycles. The van der Waals surface area contributed by atoms with E-state index in [0.717, 1.165) is 29.5 Å². The Morgan fingerprint density at radius 3 is 2.86 bits per heavy atom. The Bertz CT molecular complexity index is 610. The van der Waals surface area contributed by atoms with Crippen molar-refractivity contribution in [2.75, 3.05) is 11.9 Å². The number of nitrogens with zero attached hydrogens (tertiary/aromatic N) is 2. The highest BCUT2D eigenvalue weighted by atomic mass is 32.1. The molecule has 0 unspecified atom stereocenters. The molecule has 0 fully saturated rings. The zero-order chi connectivity index (χ0) is 15.9. The largest absolute Gasteiger partial charge is 0.361 e. The molecular formula is C16H22N4OS. The van der Waals surface area contributed by atoms with Crippen LogP contribution in [0.15, 0.2) is 24.4 Å². The van der Waals surface area contributed by atoms with Crippen molar-refractivity contribution >= 4 is 22.4 Å². The second kappa shape index (κ2) is 7.89. The van der Waals surface area contributed by atoms with Crippen molar-refractivity contribution in [2.45, 2.75) is 33.7 Å². The van der Waals surface area contributed by atoms with Crippen molar-refractivity contribution in [1.82, 2.24) is 15.3 Å². The highest BCUT2D eigenvalue weighted by Gasteiger charge is 2.15. The van der Waals surface area contributed by atoms with E-state index in [4.69, 9.17) is 0 Å². The monoisotopic (exact) mass is 318 g/mol. The van der Waals surface area contributed by atoms with E-state index in [1.807, 2.05) is 25.1 Å². The van der Waals surface area contributed by atoms with Crippen LogP contribution in [0.1, 0.15) is 41.3 Å². The van der Waals surface area contributed by atoms with Crippen LogP contribution in [0.25, 0.3) is 0 Å². The summed E-state index contributed by atoms with van der Waals surface area (Å²) in [6.07, 6.45) is 2.80. The van der Waals surface area contributed by atoms with Gasteiger partial charge in [0.05, 0.1) is 17.9 Å². The number of rotatable bonds is 7. The summed E-state index contributed by atoms with van der Waals surface area (Å²) in [5.74, 6) is 0.548. The van der Waals surface area contributed by atoms with Gasteiger partial charge in [-0.2, -0.15) is 0 Å². The van der Waals surface area contributed by atoms with Gasteiger partial charge in [0.2, 0.25) is 0 Å². The van der Waals surface area contributed by atoms with Crippen molar-refractivity contribution in [3.63, 3.8) is 0 Å². The molecule has 5 nitrogen and oxygen atoms in total. The van der Waals surface area contributed by atoms with Crippen LogP contribution in [-0.2, 0) is 6.54 Å². The molecule has 2 N–H and O–H groups in total. The molecule has 0 aromatic carbocycles. The lowest BCUT2D eigenvalue weighted by molar-refractivity contribution is 0.0953. The molecule has 118 valence electrons. The van der Waals surface area contributed by atoms with E-state index >= 15 is 0 Å². The number of hydrogen-bond acceptors (Lipinski definition) is 5. The minimum absolute atomic E-state index is 0.0995. The quantitative estimate of drug-likeness (QED) is 0.822. The van der Waals surface area contributed by atoms with Gasteiger partial charge < -0.3 is 10.6 Å². The Hall–Kier alpha value is -1.95. The number of anilines is 1. The average molecular weight is 318 g/mol. The minimum Gasteiger partial charge on any atom is -0.361 e. The van der Waals surface area contributed by atoms with Crippen LogP contribution in [0.4, 0.5) is 5.13 Å². The molecule has 0 aliphatic heterocycles. The Kier molecular flexibility index (Phi) is 5.89. The third kappa shape index (κ3) is 4.80. The van der Waals surface area contributed by atoms with Crippen LogP contribution in [0.2, 0.25) is 0 Å². The fraction of sp³-hybridized carbons (Fsp3) is 0.438. The van der Waals surface area contributed by atoms with Crippen molar-refractivity contribution < 1.29 is 4.79 Å². The smallest absolute Gasteiger partial charge is 0.263 e. The van der Waals surface area contributed by atoms with Gasteiger partial charge >= 0.3 is 0 Å². The van der Waals surface area contributed by atoms with Gasteiger partial charge in [-0.3, -0.25) is 9.78 Å². The van der Waals surface area contributed by atoms with E-state index in [1.165, 1.54) is 11.3 Å². The standard InChI is InChI=1S/C16H22N4OS/c1-11(2)7-9-18-16-20-12(3)14(22-16)15(21)19-10-13-6-4-5-8-17-13/h4-6,8,11H,7,9-10H2,1-3H3,(H,18,20)(H,19,21). The van der Waals surface area contributed by atoms with Crippen LogP contribution in [0.5, 0.6) is 0 Å². The minimum atomic E-state index is -0.0995. The molecule has 0 saturated carbocycles. The van der Waals surface area contributed by atoms with Crippen molar-refractivity contribution in [3.05, 3.63) is 40.7 Å². The molecule has 6 heteroatoms. The summed E-state index contributed by atoms with van der Waals surface area (Å²) >= 11 is 1.40. The lowest BCUT2D eigenvalue weighted by Gasteiger charge is -2.04. The number of pyridine rings is 1. The second-order valence-corrected chi connectivity index (χ2v) is 6.55. The lowest BCUT2D eigenvalue weighted by Crippen LogP contribution is -2.23. The zero-order valence-corrected chi connectivity index (χ0v) is 14.0. The molecule has 0 atom stereocenters. The van der Waals surface area contributed by atoms with Crippen LogP contribution < -0.4 is 10.6 Å². The lowest BCUT2D eigenvalue weighted by atomic mass is 10.1.